The van der Waals surface area contributed by atoms with Crippen molar-refractivity contribution in [3.63, 3.8) is 0 Å². The van der Waals surface area contributed by atoms with Crippen LogP contribution < -0.4 is 10.1 Å². The molecule has 21 heavy (non-hydrogen) atoms. The van der Waals surface area contributed by atoms with E-state index in [0.717, 1.165) is 17.4 Å². The Morgan fingerprint density at radius 1 is 1.29 bits per heavy atom. The predicted octanol–water partition coefficient (Wildman–Crippen LogP) is 5.02. The predicted molar refractivity (Wildman–Crippen MR) is 89.0 cm³/mol. The highest BCUT2D eigenvalue weighted by atomic mass is 16.5. The van der Waals surface area contributed by atoms with Crippen molar-refractivity contribution < 1.29 is 4.74 Å². The molecule has 2 aliphatic rings. The Morgan fingerprint density at radius 3 is 2.67 bits per heavy atom. The first-order valence-electron chi connectivity index (χ1n) is 8.37. The van der Waals surface area contributed by atoms with Crippen LogP contribution in [0.2, 0.25) is 0 Å². The Labute approximate surface area is 129 Å². The van der Waals surface area contributed by atoms with Gasteiger partial charge in [-0.15, -0.1) is 0 Å². The summed E-state index contributed by atoms with van der Waals surface area (Å²) in [7, 11) is 0. The molecular formula is C19H29NO. The summed E-state index contributed by atoms with van der Waals surface area (Å²) in [5, 5.41) is 3.86. The quantitative estimate of drug-likeness (QED) is 0.839. The summed E-state index contributed by atoms with van der Waals surface area (Å²) in [6.45, 7) is 12.2. The molecule has 3 unspecified atom stereocenters. The van der Waals surface area contributed by atoms with Gasteiger partial charge in [0.2, 0.25) is 0 Å². The van der Waals surface area contributed by atoms with Gasteiger partial charge in [0.1, 0.15) is 5.75 Å². The van der Waals surface area contributed by atoms with E-state index in [4.69, 9.17) is 4.74 Å². The van der Waals surface area contributed by atoms with E-state index in [0.29, 0.717) is 23.5 Å². The van der Waals surface area contributed by atoms with Gasteiger partial charge >= 0.3 is 0 Å². The molecule has 0 saturated heterocycles. The highest BCUT2D eigenvalue weighted by Gasteiger charge is 2.59. The topological polar surface area (TPSA) is 21.3 Å². The normalized spacial score (nSPS) is 33.2. The lowest BCUT2D eigenvalue weighted by atomic mass is 9.68. The van der Waals surface area contributed by atoms with Crippen LogP contribution in [0.1, 0.15) is 52.5 Å². The molecule has 2 nitrogen and oxygen atoms in total. The van der Waals surface area contributed by atoms with Gasteiger partial charge in [-0.2, -0.15) is 0 Å². The molecule has 0 radical (unpaired) electrons. The molecule has 2 heteroatoms. The first-order valence-corrected chi connectivity index (χ1v) is 8.37. The molecule has 0 amide bonds. The van der Waals surface area contributed by atoms with Crippen molar-refractivity contribution in [1.82, 2.24) is 0 Å². The van der Waals surface area contributed by atoms with Gasteiger partial charge in [0.15, 0.2) is 0 Å². The number of anilines is 1. The van der Waals surface area contributed by atoms with Crippen LogP contribution >= 0.6 is 0 Å². The third-order valence-corrected chi connectivity index (χ3v) is 6.01. The summed E-state index contributed by atoms with van der Waals surface area (Å²) in [4.78, 5) is 0. The molecule has 2 fully saturated rings. The number of nitrogens with one attached hydrogen (secondary N) is 1. The molecule has 1 aromatic rings. The molecule has 2 aliphatic carbocycles. The monoisotopic (exact) mass is 287 g/mol. The fourth-order valence-electron chi connectivity index (χ4n) is 4.84. The van der Waals surface area contributed by atoms with Crippen molar-refractivity contribution in [1.29, 1.82) is 0 Å². The second kappa shape index (κ2) is 4.93. The van der Waals surface area contributed by atoms with Gasteiger partial charge in [0.25, 0.3) is 0 Å². The second-order valence-electron chi connectivity index (χ2n) is 7.93. The lowest BCUT2D eigenvalue weighted by Gasteiger charge is -2.43. The molecule has 1 aromatic carbocycles. The fourth-order valence-corrected chi connectivity index (χ4v) is 4.84. The number of benzene rings is 1. The lowest BCUT2D eigenvalue weighted by molar-refractivity contribution is 0.155. The molecule has 0 aromatic heterocycles. The van der Waals surface area contributed by atoms with Crippen LogP contribution in [0.25, 0.3) is 0 Å². The van der Waals surface area contributed by atoms with E-state index < -0.39 is 0 Å². The van der Waals surface area contributed by atoms with Crippen LogP contribution in [-0.2, 0) is 0 Å². The zero-order valence-corrected chi connectivity index (χ0v) is 14.1. The van der Waals surface area contributed by atoms with Gasteiger partial charge in [0.05, 0.1) is 12.3 Å². The first-order chi connectivity index (χ1) is 9.87. The Bertz CT molecular complexity index is 532. The molecule has 3 atom stereocenters. The second-order valence-corrected chi connectivity index (χ2v) is 7.93. The number of hydrogen-bond acceptors (Lipinski definition) is 2. The van der Waals surface area contributed by atoms with Gasteiger partial charge in [0, 0.05) is 6.04 Å². The summed E-state index contributed by atoms with van der Waals surface area (Å²) < 4.78 is 5.85. The Hall–Kier alpha value is -1.18. The maximum Gasteiger partial charge on any atom is 0.142 e. The molecule has 0 spiro atoms. The lowest BCUT2D eigenvalue weighted by Crippen LogP contribution is -2.45. The van der Waals surface area contributed by atoms with Crippen molar-refractivity contribution in [2.24, 2.45) is 16.7 Å². The number of fused-ring (bicyclic) bond motifs is 2. The van der Waals surface area contributed by atoms with E-state index in [1.165, 1.54) is 24.8 Å². The smallest absolute Gasteiger partial charge is 0.142 e. The Balaban J connectivity index is 1.90. The maximum absolute atomic E-state index is 5.85. The minimum atomic E-state index is 0.362. The van der Waals surface area contributed by atoms with Crippen LogP contribution in [0.4, 0.5) is 5.69 Å². The summed E-state index contributed by atoms with van der Waals surface area (Å²) in [5.41, 5.74) is 3.21. The molecule has 0 heterocycles. The summed E-state index contributed by atoms with van der Waals surface area (Å²) >= 11 is 0. The number of rotatable bonds is 4. The van der Waals surface area contributed by atoms with Gasteiger partial charge in [-0.25, -0.2) is 0 Å². The van der Waals surface area contributed by atoms with Crippen molar-refractivity contribution in [3.8, 4) is 5.75 Å². The summed E-state index contributed by atoms with van der Waals surface area (Å²) in [5.74, 6) is 1.86. The standard InChI is InChI=1S/C19H29NO/c1-6-21-16-11-13(2)7-8-15(16)20-17-18(3,4)14-9-10-19(17,5)12-14/h7-8,11,14,17,20H,6,9-10,12H2,1-5H3. The fraction of sp³-hybridized carbons (Fsp3) is 0.684. The number of aryl methyl sites for hydroxylation is 1. The van der Waals surface area contributed by atoms with Crippen LogP contribution in [0.5, 0.6) is 5.75 Å². The minimum Gasteiger partial charge on any atom is -0.492 e. The molecule has 2 saturated carbocycles. The zero-order valence-electron chi connectivity index (χ0n) is 14.1. The van der Waals surface area contributed by atoms with Crippen molar-refractivity contribution >= 4 is 5.69 Å². The van der Waals surface area contributed by atoms with Gasteiger partial charge in [-0.3, -0.25) is 0 Å². The van der Waals surface area contributed by atoms with Crippen LogP contribution in [0, 0.1) is 23.7 Å². The maximum atomic E-state index is 5.85. The van der Waals surface area contributed by atoms with E-state index in [-0.39, 0.29) is 0 Å². The highest BCUT2D eigenvalue weighted by Crippen LogP contribution is 2.63. The summed E-state index contributed by atoms with van der Waals surface area (Å²) in [6.07, 6.45) is 4.12. The van der Waals surface area contributed by atoms with E-state index in [9.17, 15) is 0 Å². The van der Waals surface area contributed by atoms with Gasteiger partial charge in [-0.1, -0.05) is 26.8 Å². The molecule has 0 aliphatic heterocycles. The largest absolute Gasteiger partial charge is 0.492 e. The van der Waals surface area contributed by atoms with Crippen molar-refractivity contribution in [2.75, 3.05) is 11.9 Å². The summed E-state index contributed by atoms with van der Waals surface area (Å²) in [6, 6.07) is 7.04. The number of hydrogen-bond donors (Lipinski definition) is 1. The zero-order chi connectivity index (χ0) is 15.3. The molecular weight excluding hydrogens is 258 g/mol. The Morgan fingerprint density at radius 2 is 2.05 bits per heavy atom. The first kappa shape index (κ1) is 14.7. The molecule has 1 N–H and O–H groups in total. The van der Waals surface area contributed by atoms with Crippen molar-refractivity contribution in [2.45, 2.75) is 59.9 Å². The average Bonchev–Trinajstić information content (AvgIpc) is 2.88. The van der Waals surface area contributed by atoms with Gasteiger partial charge < -0.3 is 10.1 Å². The van der Waals surface area contributed by atoms with E-state index in [2.05, 4.69) is 58.1 Å². The average molecular weight is 287 g/mol. The Kier molecular flexibility index (Phi) is 3.46. The van der Waals surface area contributed by atoms with E-state index >= 15 is 0 Å². The van der Waals surface area contributed by atoms with Crippen LogP contribution in [0.15, 0.2) is 18.2 Å². The third kappa shape index (κ3) is 2.33. The van der Waals surface area contributed by atoms with Crippen molar-refractivity contribution in [3.05, 3.63) is 23.8 Å². The number of ether oxygens (including phenoxy) is 1. The van der Waals surface area contributed by atoms with Crippen LogP contribution in [-0.4, -0.2) is 12.6 Å². The third-order valence-electron chi connectivity index (χ3n) is 6.01. The van der Waals surface area contributed by atoms with E-state index in [1.807, 2.05) is 0 Å². The van der Waals surface area contributed by atoms with E-state index in [1.54, 1.807) is 0 Å². The van der Waals surface area contributed by atoms with Crippen LogP contribution in [0.3, 0.4) is 0 Å². The minimum absolute atomic E-state index is 0.362. The molecule has 2 bridgehead atoms. The highest BCUT2D eigenvalue weighted by molar-refractivity contribution is 5.59. The molecule has 116 valence electrons. The van der Waals surface area contributed by atoms with Gasteiger partial charge in [-0.05, 0) is 67.6 Å². The molecule has 3 rings (SSSR count). The SMILES string of the molecule is CCOc1cc(C)ccc1NC1C2(C)CCC(C2)C1(C)C.